The van der Waals surface area contributed by atoms with Crippen molar-refractivity contribution in [2.24, 2.45) is 16.7 Å². The summed E-state index contributed by atoms with van der Waals surface area (Å²) in [5.41, 5.74) is -3.54. The summed E-state index contributed by atoms with van der Waals surface area (Å²) in [6, 6.07) is 2.26. The molecule has 1 aliphatic rings. The monoisotopic (exact) mass is 341 g/mol. The highest BCUT2D eigenvalue weighted by Gasteiger charge is 2.67. The molecule has 0 bridgehead atoms. The van der Waals surface area contributed by atoms with E-state index in [4.69, 9.17) is 5.26 Å². The molecule has 8 heteroatoms. The molecular formula is C16H18F3N3O2. The third-order valence-corrected chi connectivity index (χ3v) is 5.24. The van der Waals surface area contributed by atoms with E-state index in [1.807, 2.05) is 27.7 Å². The number of hydrogen-bond donors (Lipinski definition) is 0. The first-order valence-corrected chi connectivity index (χ1v) is 7.42. The molecule has 0 saturated heterocycles. The number of nitriles is 1. The van der Waals surface area contributed by atoms with E-state index in [1.54, 1.807) is 6.07 Å². The lowest BCUT2D eigenvalue weighted by molar-refractivity contribution is -0.139. The highest BCUT2D eigenvalue weighted by molar-refractivity contribution is 5.86. The van der Waals surface area contributed by atoms with Gasteiger partial charge in [-0.2, -0.15) is 23.5 Å². The van der Waals surface area contributed by atoms with Crippen molar-refractivity contribution in [2.45, 2.75) is 46.8 Å². The number of Topliss-reactive ketones (excluding diaryl/α,β-unsaturated/α-hetero) is 1. The van der Waals surface area contributed by atoms with Gasteiger partial charge in [0.15, 0.2) is 5.78 Å². The van der Waals surface area contributed by atoms with Gasteiger partial charge >= 0.3 is 6.18 Å². The minimum atomic E-state index is -4.87. The maximum atomic E-state index is 13.0. The predicted octanol–water partition coefficient (Wildman–Crippen LogP) is 2.58. The Morgan fingerprint density at radius 1 is 1.33 bits per heavy atom. The lowest BCUT2D eigenvalue weighted by Crippen LogP contribution is -2.34. The molecule has 0 unspecified atom stereocenters. The van der Waals surface area contributed by atoms with Crippen LogP contribution in [0, 0.1) is 28.1 Å². The first-order chi connectivity index (χ1) is 10.8. The average molecular weight is 341 g/mol. The standard InChI is InChI=1S/C16H18F3N3O2/c1-14(2)12(15(14,3)4)11(23)8-22-13(24)10(16(17,18)19)7-9(21-22)5-6-20/h7,12H,5,8H2,1-4H3. The Morgan fingerprint density at radius 2 is 1.88 bits per heavy atom. The van der Waals surface area contributed by atoms with Crippen LogP contribution < -0.4 is 5.56 Å². The molecule has 1 saturated carbocycles. The Bertz CT molecular complexity index is 771. The Labute approximate surface area is 137 Å². The number of nitrogens with zero attached hydrogens (tertiary/aromatic N) is 3. The molecule has 24 heavy (non-hydrogen) atoms. The second-order valence-electron chi connectivity index (χ2n) is 7.19. The van der Waals surface area contributed by atoms with Crippen molar-refractivity contribution < 1.29 is 18.0 Å². The highest BCUT2D eigenvalue weighted by Crippen LogP contribution is 2.68. The smallest absolute Gasteiger partial charge is 0.297 e. The zero-order valence-electron chi connectivity index (χ0n) is 13.9. The Morgan fingerprint density at radius 3 is 2.29 bits per heavy atom. The third kappa shape index (κ3) is 2.83. The summed E-state index contributed by atoms with van der Waals surface area (Å²) >= 11 is 0. The van der Waals surface area contributed by atoms with Crippen molar-refractivity contribution in [2.75, 3.05) is 0 Å². The molecule has 130 valence electrons. The van der Waals surface area contributed by atoms with Crippen LogP contribution in [0.3, 0.4) is 0 Å². The van der Waals surface area contributed by atoms with Crippen molar-refractivity contribution in [1.82, 2.24) is 9.78 Å². The van der Waals surface area contributed by atoms with Crippen molar-refractivity contribution in [3.05, 3.63) is 27.7 Å². The van der Waals surface area contributed by atoms with Gasteiger partial charge in [0.2, 0.25) is 0 Å². The molecule has 0 amide bonds. The second kappa shape index (κ2) is 5.43. The fraction of sp³-hybridized carbons (Fsp3) is 0.625. The van der Waals surface area contributed by atoms with Crippen LogP contribution in [0.5, 0.6) is 0 Å². The van der Waals surface area contributed by atoms with Crippen LogP contribution in [0.4, 0.5) is 13.2 Å². The molecule has 1 aromatic heterocycles. The molecule has 0 atom stereocenters. The molecule has 0 N–H and O–H groups in total. The van der Waals surface area contributed by atoms with Gasteiger partial charge in [-0.25, -0.2) is 4.68 Å². The zero-order chi connectivity index (χ0) is 18.5. The minimum absolute atomic E-state index is 0.188. The van der Waals surface area contributed by atoms with E-state index in [2.05, 4.69) is 5.10 Å². The first-order valence-electron chi connectivity index (χ1n) is 7.42. The third-order valence-electron chi connectivity index (χ3n) is 5.24. The summed E-state index contributed by atoms with van der Waals surface area (Å²) in [5.74, 6) is -0.686. The van der Waals surface area contributed by atoms with Gasteiger partial charge in [0.1, 0.15) is 12.1 Å². The van der Waals surface area contributed by atoms with E-state index >= 15 is 0 Å². The highest BCUT2D eigenvalue weighted by atomic mass is 19.4. The fourth-order valence-electron chi connectivity index (χ4n) is 3.31. The second-order valence-corrected chi connectivity index (χ2v) is 7.19. The summed E-state index contributed by atoms with van der Waals surface area (Å²) in [5, 5.41) is 12.4. The Kier molecular flexibility index (Phi) is 4.11. The quantitative estimate of drug-likeness (QED) is 0.843. The van der Waals surface area contributed by atoms with Gasteiger partial charge < -0.3 is 0 Å². The molecule has 1 aliphatic carbocycles. The summed E-state index contributed by atoms with van der Waals surface area (Å²) in [6.07, 6.45) is -5.24. The fourth-order valence-corrected chi connectivity index (χ4v) is 3.31. The lowest BCUT2D eigenvalue weighted by Gasteiger charge is -2.11. The van der Waals surface area contributed by atoms with Crippen LogP contribution >= 0.6 is 0 Å². The SMILES string of the molecule is CC1(C)C(C(=O)Cn2nc(CC#N)cc(C(F)(F)F)c2=O)C1(C)C. The number of ketones is 1. The molecular weight excluding hydrogens is 323 g/mol. The maximum Gasteiger partial charge on any atom is 0.421 e. The van der Waals surface area contributed by atoms with Crippen molar-refractivity contribution in [3.63, 3.8) is 0 Å². The van der Waals surface area contributed by atoms with Crippen molar-refractivity contribution in [3.8, 4) is 6.07 Å². The van der Waals surface area contributed by atoms with Gasteiger partial charge in [-0.1, -0.05) is 27.7 Å². The number of carbonyl (C=O) groups is 1. The van der Waals surface area contributed by atoms with E-state index in [0.29, 0.717) is 10.7 Å². The zero-order valence-corrected chi connectivity index (χ0v) is 13.9. The number of rotatable bonds is 4. The van der Waals surface area contributed by atoms with Gasteiger partial charge in [-0.3, -0.25) is 9.59 Å². The van der Waals surface area contributed by atoms with Crippen molar-refractivity contribution >= 4 is 5.78 Å². The van der Waals surface area contributed by atoms with E-state index < -0.39 is 23.8 Å². The largest absolute Gasteiger partial charge is 0.421 e. The molecule has 1 aromatic rings. The summed E-state index contributed by atoms with van der Waals surface area (Å²) in [4.78, 5) is 24.5. The van der Waals surface area contributed by atoms with Gasteiger partial charge in [-0.15, -0.1) is 0 Å². The molecule has 2 rings (SSSR count). The number of halogens is 3. The summed E-state index contributed by atoms with van der Waals surface area (Å²) in [7, 11) is 0. The minimum Gasteiger partial charge on any atom is -0.297 e. The Balaban J connectivity index is 2.41. The molecule has 0 radical (unpaired) electrons. The van der Waals surface area contributed by atoms with E-state index in [-0.39, 0.29) is 34.6 Å². The van der Waals surface area contributed by atoms with E-state index in [9.17, 15) is 22.8 Å². The molecule has 1 fully saturated rings. The Hall–Kier alpha value is -2.17. The van der Waals surface area contributed by atoms with Crippen LogP contribution in [0.25, 0.3) is 0 Å². The van der Waals surface area contributed by atoms with Crippen molar-refractivity contribution in [1.29, 1.82) is 5.26 Å². The van der Waals surface area contributed by atoms with Crippen LogP contribution in [0.15, 0.2) is 10.9 Å². The predicted molar refractivity (Wildman–Crippen MR) is 78.9 cm³/mol. The van der Waals surface area contributed by atoms with Crippen LogP contribution in [0.1, 0.15) is 39.0 Å². The van der Waals surface area contributed by atoms with Crippen LogP contribution in [-0.2, 0) is 23.9 Å². The average Bonchev–Trinajstić information content (AvgIpc) is 2.82. The summed E-state index contributed by atoms with van der Waals surface area (Å²) in [6.45, 7) is 7.08. The topological polar surface area (TPSA) is 75.8 Å². The number of alkyl halides is 3. The van der Waals surface area contributed by atoms with Gasteiger partial charge in [0, 0.05) is 5.92 Å². The molecule has 0 aromatic carbocycles. The van der Waals surface area contributed by atoms with E-state index in [1.165, 1.54) is 0 Å². The summed E-state index contributed by atoms with van der Waals surface area (Å²) < 4.78 is 39.5. The van der Waals surface area contributed by atoms with Crippen LogP contribution in [-0.4, -0.2) is 15.6 Å². The molecule has 0 aliphatic heterocycles. The van der Waals surface area contributed by atoms with Gasteiger partial charge in [-0.05, 0) is 16.9 Å². The van der Waals surface area contributed by atoms with Gasteiger partial charge in [0.05, 0.1) is 18.2 Å². The number of carbonyl (C=O) groups excluding carboxylic acids is 1. The lowest BCUT2D eigenvalue weighted by atomic mass is 10.0. The van der Waals surface area contributed by atoms with Gasteiger partial charge in [0.25, 0.3) is 5.56 Å². The normalized spacial score (nSPS) is 18.9. The maximum absolute atomic E-state index is 13.0. The van der Waals surface area contributed by atoms with Crippen LogP contribution in [0.2, 0.25) is 0 Å². The number of aromatic nitrogens is 2. The number of hydrogen-bond acceptors (Lipinski definition) is 4. The molecule has 5 nitrogen and oxygen atoms in total. The van der Waals surface area contributed by atoms with E-state index in [0.717, 1.165) is 0 Å². The molecule has 0 spiro atoms. The first kappa shape index (κ1) is 18.2. The molecule has 1 heterocycles.